The van der Waals surface area contributed by atoms with Gasteiger partial charge in [0.15, 0.2) is 4.34 Å². The number of anilines is 1. The van der Waals surface area contributed by atoms with Crippen molar-refractivity contribution in [2.75, 3.05) is 5.32 Å². The molecule has 0 saturated carbocycles. The summed E-state index contributed by atoms with van der Waals surface area (Å²) in [6.07, 6.45) is 0.171. The minimum Gasteiger partial charge on any atom is -0.300 e. The molecule has 1 aromatic heterocycles. The van der Waals surface area contributed by atoms with Crippen LogP contribution in [0.4, 0.5) is 9.52 Å². The van der Waals surface area contributed by atoms with Crippen LogP contribution in [0.3, 0.4) is 0 Å². The molecule has 0 fully saturated rings. The smallest absolute Gasteiger partial charge is 0.230 e. The van der Waals surface area contributed by atoms with Gasteiger partial charge < -0.3 is 5.32 Å². The van der Waals surface area contributed by atoms with Gasteiger partial charge in [-0.2, -0.15) is 0 Å². The third kappa shape index (κ3) is 5.12. The molecule has 26 heavy (non-hydrogen) atoms. The number of halogens is 1. The highest BCUT2D eigenvalue weighted by molar-refractivity contribution is 8.00. The molecule has 0 aliphatic carbocycles. The van der Waals surface area contributed by atoms with Crippen LogP contribution >= 0.6 is 23.1 Å². The summed E-state index contributed by atoms with van der Waals surface area (Å²) in [6, 6.07) is 12.3. The molecule has 1 amide bonds. The van der Waals surface area contributed by atoms with Crippen molar-refractivity contribution < 1.29 is 9.18 Å². The molecular formula is C19H18FN3OS2. The molecule has 134 valence electrons. The first-order valence-electron chi connectivity index (χ1n) is 8.06. The molecule has 1 heterocycles. The average molecular weight is 388 g/mol. The fourth-order valence-electron chi connectivity index (χ4n) is 2.36. The Morgan fingerprint density at radius 2 is 1.92 bits per heavy atom. The number of carbonyl (C=O) groups excluding carboxylic acids is 1. The summed E-state index contributed by atoms with van der Waals surface area (Å²) in [5.74, 6) is 0.300. The normalized spacial score (nSPS) is 10.7. The Hall–Kier alpha value is -2.25. The van der Waals surface area contributed by atoms with E-state index in [1.807, 2.05) is 0 Å². The molecule has 0 aliphatic rings. The van der Waals surface area contributed by atoms with E-state index in [4.69, 9.17) is 0 Å². The number of aryl methyl sites for hydroxylation is 2. The molecule has 0 unspecified atom stereocenters. The summed E-state index contributed by atoms with van der Waals surface area (Å²) in [5, 5.41) is 11.4. The topological polar surface area (TPSA) is 54.9 Å². The quantitative estimate of drug-likeness (QED) is 0.489. The van der Waals surface area contributed by atoms with E-state index >= 15 is 0 Å². The first-order chi connectivity index (χ1) is 12.5. The number of hydrogen-bond donors (Lipinski definition) is 1. The van der Waals surface area contributed by atoms with Crippen LogP contribution in [0, 0.1) is 19.7 Å². The van der Waals surface area contributed by atoms with Crippen LogP contribution in [0.2, 0.25) is 0 Å². The number of aromatic nitrogens is 2. The van der Waals surface area contributed by atoms with Gasteiger partial charge in [-0.3, -0.25) is 4.79 Å². The van der Waals surface area contributed by atoms with Crippen molar-refractivity contribution >= 4 is 34.1 Å². The van der Waals surface area contributed by atoms with Crippen LogP contribution in [0.5, 0.6) is 0 Å². The average Bonchev–Trinajstić information content (AvgIpc) is 3.05. The number of thioether (sulfide) groups is 1. The van der Waals surface area contributed by atoms with Crippen LogP contribution in [0.15, 0.2) is 46.8 Å². The molecule has 3 rings (SSSR count). The zero-order valence-corrected chi connectivity index (χ0v) is 16.1. The molecule has 2 aromatic carbocycles. The third-order valence-electron chi connectivity index (χ3n) is 3.79. The highest BCUT2D eigenvalue weighted by Gasteiger charge is 2.10. The Kier molecular flexibility index (Phi) is 6.00. The van der Waals surface area contributed by atoms with E-state index in [1.165, 1.54) is 40.2 Å². The van der Waals surface area contributed by atoms with Gasteiger partial charge in [0.25, 0.3) is 0 Å². The summed E-state index contributed by atoms with van der Waals surface area (Å²) in [4.78, 5) is 12.1. The Labute approximate surface area is 159 Å². The van der Waals surface area contributed by atoms with Crippen molar-refractivity contribution in [1.29, 1.82) is 0 Å². The summed E-state index contributed by atoms with van der Waals surface area (Å²) in [6.45, 7) is 4.17. The van der Waals surface area contributed by atoms with E-state index in [1.54, 1.807) is 23.9 Å². The molecule has 3 aromatic rings. The second kappa shape index (κ2) is 8.42. The molecular weight excluding hydrogens is 369 g/mol. The van der Waals surface area contributed by atoms with Crippen molar-refractivity contribution in [3.05, 3.63) is 70.5 Å². The van der Waals surface area contributed by atoms with E-state index in [0.29, 0.717) is 5.13 Å². The zero-order chi connectivity index (χ0) is 18.5. The summed E-state index contributed by atoms with van der Waals surface area (Å²) >= 11 is 2.95. The molecule has 0 saturated heterocycles. The second-order valence-electron chi connectivity index (χ2n) is 5.94. The van der Waals surface area contributed by atoms with E-state index < -0.39 is 0 Å². The largest absolute Gasteiger partial charge is 0.300 e. The number of nitrogens with one attached hydrogen (secondary N) is 1. The van der Waals surface area contributed by atoms with Crippen molar-refractivity contribution in [1.82, 2.24) is 10.2 Å². The Morgan fingerprint density at radius 1 is 1.15 bits per heavy atom. The van der Waals surface area contributed by atoms with E-state index in [2.05, 4.69) is 47.6 Å². The highest BCUT2D eigenvalue weighted by Crippen LogP contribution is 2.29. The monoisotopic (exact) mass is 387 g/mol. The van der Waals surface area contributed by atoms with Crippen LogP contribution < -0.4 is 5.32 Å². The second-order valence-corrected chi connectivity index (χ2v) is 8.14. The minimum absolute atomic E-state index is 0.171. The molecule has 0 atom stereocenters. The lowest BCUT2D eigenvalue weighted by molar-refractivity contribution is -0.115. The van der Waals surface area contributed by atoms with Gasteiger partial charge >= 0.3 is 0 Å². The van der Waals surface area contributed by atoms with E-state index in [-0.39, 0.29) is 18.1 Å². The van der Waals surface area contributed by atoms with E-state index in [9.17, 15) is 9.18 Å². The summed E-state index contributed by atoms with van der Waals surface area (Å²) < 4.78 is 13.7. The third-order valence-corrected chi connectivity index (χ3v) is 5.81. The zero-order valence-electron chi connectivity index (χ0n) is 14.5. The van der Waals surface area contributed by atoms with Crippen LogP contribution in [0.1, 0.15) is 22.3 Å². The predicted octanol–water partition coefficient (Wildman–Crippen LogP) is 4.77. The van der Waals surface area contributed by atoms with Gasteiger partial charge in [-0.15, -0.1) is 10.2 Å². The number of carbonyl (C=O) groups is 1. The molecule has 0 aliphatic heterocycles. The van der Waals surface area contributed by atoms with Gasteiger partial charge in [0, 0.05) is 5.75 Å². The number of nitrogens with zero attached hydrogens (tertiary/aromatic N) is 2. The fourth-order valence-corrected chi connectivity index (χ4v) is 4.20. The van der Waals surface area contributed by atoms with Gasteiger partial charge in [0.2, 0.25) is 11.0 Å². The standard InChI is InChI=1S/C19H18FN3OS2/c1-12-3-4-13(2)15(9-12)11-25-19-23-22-18(26-19)21-17(24)10-14-5-7-16(20)8-6-14/h3-9H,10-11H2,1-2H3,(H,21,22,24). The number of hydrogen-bond acceptors (Lipinski definition) is 5. The van der Waals surface area contributed by atoms with Crippen molar-refractivity contribution in [3.8, 4) is 0 Å². The lowest BCUT2D eigenvalue weighted by Gasteiger charge is -2.05. The molecule has 0 radical (unpaired) electrons. The molecule has 0 bridgehead atoms. The van der Waals surface area contributed by atoms with Crippen molar-refractivity contribution in [2.45, 2.75) is 30.4 Å². The maximum Gasteiger partial charge on any atom is 0.230 e. The van der Waals surface area contributed by atoms with Crippen molar-refractivity contribution in [2.24, 2.45) is 0 Å². The Balaban J connectivity index is 1.55. The van der Waals surface area contributed by atoms with Crippen LogP contribution in [-0.2, 0) is 17.0 Å². The maximum atomic E-state index is 12.9. The van der Waals surface area contributed by atoms with Gasteiger partial charge in [0.1, 0.15) is 5.82 Å². The number of amides is 1. The minimum atomic E-state index is -0.316. The first-order valence-corrected chi connectivity index (χ1v) is 9.86. The lowest BCUT2D eigenvalue weighted by atomic mass is 10.1. The van der Waals surface area contributed by atoms with Gasteiger partial charge in [0.05, 0.1) is 6.42 Å². The van der Waals surface area contributed by atoms with Crippen LogP contribution in [-0.4, -0.2) is 16.1 Å². The van der Waals surface area contributed by atoms with Gasteiger partial charge in [-0.25, -0.2) is 4.39 Å². The van der Waals surface area contributed by atoms with Gasteiger partial charge in [-0.1, -0.05) is 59.0 Å². The lowest BCUT2D eigenvalue weighted by Crippen LogP contribution is -2.14. The molecule has 7 heteroatoms. The fraction of sp³-hybridized carbons (Fsp3) is 0.211. The summed E-state index contributed by atoms with van der Waals surface area (Å²) in [5.41, 5.74) is 4.50. The van der Waals surface area contributed by atoms with Crippen LogP contribution in [0.25, 0.3) is 0 Å². The Morgan fingerprint density at radius 3 is 2.69 bits per heavy atom. The SMILES string of the molecule is Cc1ccc(C)c(CSc2nnc(NC(=O)Cc3ccc(F)cc3)s2)c1. The Bertz CT molecular complexity index is 909. The molecule has 4 nitrogen and oxygen atoms in total. The number of benzene rings is 2. The number of rotatable bonds is 6. The van der Waals surface area contributed by atoms with Gasteiger partial charge in [-0.05, 0) is 42.7 Å². The molecule has 1 N–H and O–H groups in total. The first kappa shape index (κ1) is 18.5. The van der Waals surface area contributed by atoms with Crippen molar-refractivity contribution in [3.63, 3.8) is 0 Å². The maximum absolute atomic E-state index is 12.9. The summed E-state index contributed by atoms with van der Waals surface area (Å²) in [7, 11) is 0. The van der Waals surface area contributed by atoms with E-state index in [0.717, 1.165) is 15.7 Å². The predicted molar refractivity (Wildman–Crippen MR) is 104 cm³/mol. The highest BCUT2D eigenvalue weighted by atomic mass is 32.2. The molecule has 0 spiro atoms.